The molecule has 0 spiro atoms. The molecule has 0 radical (unpaired) electrons. The van der Waals surface area contributed by atoms with E-state index in [1.165, 1.54) is 0 Å². The monoisotopic (exact) mass is 371 g/mol. The summed E-state index contributed by atoms with van der Waals surface area (Å²) in [4.78, 5) is 5.78. The first-order valence-electron chi connectivity index (χ1n) is 4.00. The molecule has 0 aliphatic heterocycles. The van der Waals surface area contributed by atoms with E-state index in [4.69, 9.17) is 3.67 Å². The predicted octanol–water partition coefficient (Wildman–Crippen LogP) is 2.57. The van der Waals surface area contributed by atoms with Gasteiger partial charge in [-0.05, 0) is 0 Å². The topological polar surface area (TPSA) is 45.4 Å². The van der Waals surface area contributed by atoms with E-state index in [1.807, 2.05) is 61.2 Å². The van der Waals surface area contributed by atoms with Gasteiger partial charge in [0.1, 0.15) is 0 Å². The molecular formula is C10H16Cl4N2OV+2. The minimum absolute atomic E-state index is 0. The molecule has 0 aliphatic rings. The summed E-state index contributed by atoms with van der Waals surface area (Å²) in [6, 6.07) is 11.7. The summed E-state index contributed by atoms with van der Waals surface area (Å²) < 4.78 is 8.19. The van der Waals surface area contributed by atoms with Crippen molar-refractivity contribution in [2.24, 2.45) is 0 Å². The van der Waals surface area contributed by atoms with Crippen LogP contribution >= 0.6 is 49.6 Å². The maximum absolute atomic E-state index is 8.19. The maximum Gasteiger partial charge on any atom is 0.166 e. The van der Waals surface area contributed by atoms with E-state index in [2.05, 4.69) is 9.97 Å². The fourth-order valence-electron chi connectivity index (χ4n) is 0.684. The van der Waals surface area contributed by atoms with Crippen LogP contribution in [0.3, 0.4) is 0 Å². The van der Waals surface area contributed by atoms with Crippen molar-refractivity contribution in [2.45, 2.75) is 0 Å². The first-order valence-corrected chi connectivity index (χ1v) is 4.57. The molecule has 8 heteroatoms. The van der Waals surface area contributed by atoms with E-state index < -0.39 is 0 Å². The van der Waals surface area contributed by atoms with Crippen molar-refractivity contribution in [2.75, 3.05) is 0 Å². The Morgan fingerprint density at radius 3 is 0.778 bits per heavy atom. The quantitative estimate of drug-likeness (QED) is 0.701. The molecule has 0 aromatic carbocycles. The van der Waals surface area contributed by atoms with E-state index in [-0.39, 0.29) is 49.6 Å². The largest absolute Gasteiger partial charge is 0.218 e. The molecule has 0 fully saturated rings. The Hall–Kier alpha value is -0.156. The molecule has 0 bridgehead atoms. The standard InChI is InChI=1S/2C5H5N.4ClH.O.V/c2*1-2-4-6-5-3-1;;;;;;/h2*1-5H;4*1H;;/p+2. The molecule has 0 unspecified atom stereocenters. The van der Waals surface area contributed by atoms with Crippen LogP contribution in [-0.2, 0) is 21.0 Å². The molecule has 0 saturated carbocycles. The predicted molar refractivity (Wildman–Crippen MR) is 75.7 cm³/mol. The second-order valence-corrected chi connectivity index (χ2v) is 2.15. The summed E-state index contributed by atoms with van der Waals surface area (Å²) in [5, 5.41) is 0. The third kappa shape index (κ3) is 24.9. The van der Waals surface area contributed by atoms with Crippen LogP contribution in [-0.4, -0.2) is 0 Å². The number of hydrogen-bond acceptors (Lipinski definition) is 1. The molecule has 3 nitrogen and oxygen atoms in total. The number of hydrogen-bond donors (Lipinski definition) is 0. The second-order valence-electron chi connectivity index (χ2n) is 2.15. The Morgan fingerprint density at radius 2 is 0.722 bits per heavy atom. The average Bonchev–Trinajstić information content (AvgIpc) is 2.37. The molecule has 2 heterocycles. The summed E-state index contributed by atoms with van der Waals surface area (Å²) >= 11 is 1.06. The number of aromatic amines is 2. The Bertz CT molecular complexity index is 220. The van der Waals surface area contributed by atoms with Crippen molar-refractivity contribution < 1.29 is 31.0 Å². The average molecular weight is 373 g/mol. The molecule has 2 aromatic rings. The molecule has 2 rings (SSSR count). The van der Waals surface area contributed by atoms with E-state index in [0.717, 1.165) is 17.4 Å². The van der Waals surface area contributed by atoms with Gasteiger partial charge in [-0.1, -0.05) is 12.1 Å². The van der Waals surface area contributed by atoms with Crippen molar-refractivity contribution in [1.82, 2.24) is 0 Å². The smallest absolute Gasteiger partial charge is 0.166 e. The van der Waals surface area contributed by atoms with Crippen LogP contribution in [0.15, 0.2) is 61.2 Å². The van der Waals surface area contributed by atoms with Crippen molar-refractivity contribution in [3.63, 3.8) is 0 Å². The number of pyridine rings is 2. The fourth-order valence-corrected chi connectivity index (χ4v) is 0.684. The van der Waals surface area contributed by atoms with Crippen LogP contribution < -0.4 is 9.97 Å². The summed E-state index contributed by atoms with van der Waals surface area (Å²) in [5.41, 5.74) is 0. The summed E-state index contributed by atoms with van der Waals surface area (Å²) in [7, 11) is 0. The van der Waals surface area contributed by atoms with Crippen molar-refractivity contribution in [1.29, 1.82) is 0 Å². The van der Waals surface area contributed by atoms with Crippen molar-refractivity contribution >= 4 is 49.6 Å². The van der Waals surface area contributed by atoms with Gasteiger partial charge in [0.05, 0.1) is 0 Å². The van der Waals surface area contributed by atoms with E-state index in [9.17, 15) is 0 Å². The molecule has 2 aromatic heterocycles. The minimum atomic E-state index is 0. The first-order chi connectivity index (χ1) is 7.00. The van der Waals surface area contributed by atoms with E-state index in [0.29, 0.717) is 0 Å². The second kappa shape index (κ2) is 30.1. The van der Waals surface area contributed by atoms with Gasteiger partial charge in [0, 0.05) is 24.3 Å². The molecule has 2 N–H and O–H groups in total. The normalized spacial score (nSPS) is 5.50. The summed E-state index contributed by atoms with van der Waals surface area (Å²) in [5.74, 6) is 0. The van der Waals surface area contributed by atoms with Gasteiger partial charge in [0.2, 0.25) is 0 Å². The number of halogens is 4. The van der Waals surface area contributed by atoms with Gasteiger partial charge in [0.15, 0.2) is 24.8 Å². The maximum atomic E-state index is 8.19. The number of H-pyrrole nitrogens is 2. The third-order valence-corrected chi connectivity index (χ3v) is 1.21. The van der Waals surface area contributed by atoms with Crippen LogP contribution in [0.4, 0.5) is 0 Å². The molecular weight excluding hydrogens is 357 g/mol. The van der Waals surface area contributed by atoms with Gasteiger partial charge in [-0.15, -0.1) is 49.6 Å². The van der Waals surface area contributed by atoms with Gasteiger partial charge in [0.25, 0.3) is 0 Å². The number of rotatable bonds is 0. The zero-order valence-corrected chi connectivity index (χ0v) is 13.9. The van der Waals surface area contributed by atoms with Gasteiger partial charge in [-0.25, -0.2) is 9.97 Å². The van der Waals surface area contributed by atoms with E-state index in [1.54, 1.807) is 0 Å². The van der Waals surface area contributed by atoms with Gasteiger partial charge < -0.3 is 0 Å². The number of aromatic nitrogens is 2. The van der Waals surface area contributed by atoms with Crippen LogP contribution in [0.5, 0.6) is 0 Å². The van der Waals surface area contributed by atoms with Gasteiger partial charge in [-0.3, -0.25) is 0 Å². The van der Waals surface area contributed by atoms with Crippen molar-refractivity contribution in [3.8, 4) is 0 Å². The van der Waals surface area contributed by atoms with Crippen LogP contribution in [0.25, 0.3) is 0 Å². The van der Waals surface area contributed by atoms with Gasteiger partial charge in [-0.2, -0.15) is 0 Å². The zero-order chi connectivity index (χ0) is 10.5. The number of nitrogens with one attached hydrogen (secondary N) is 2. The first kappa shape index (κ1) is 30.7. The minimum Gasteiger partial charge on any atom is -0.218 e. The summed E-state index contributed by atoms with van der Waals surface area (Å²) in [6.45, 7) is 0. The SMILES string of the molecule is Cl.Cl.Cl.Cl.[O]=[V].c1cc[nH+]cc1.c1cc[nH+]cc1. The Kier molecular flexibility index (Phi) is 51.4. The zero-order valence-electron chi connectivity index (χ0n) is 9.26. The Balaban J connectivity index is -0.0000000460. The van der Waals surface area contributed by atoms with Crippen LogP contribution in [0.2, 0.25) is 0 Å². The van der Waals surface area contributed by atoms with Crippen molar-refractivity contribution in [3.05, 3.63) is 61.2 Å². The Labute approximate surface area is 141 Å². The van der Waals surface area contributed by atoms with Gasteiger partial charge >= 0.3 is 21.0 Å². The van der Waals surface area contributed by atoms with Crippen LogP contribution in [0.1, 0.15) is 0 Å². The van der Waals surface area contributed by atoms with Crippen LogP contribution in [0, 0.1) is 0 Å². The summed E-state index contributed by atoms with van der Waals surface area (Å²) in [6.07, 6.45) is 7.50. The van der Waals surface area contributed by atoms with E-state index >= 15 is 0 Å². The molecule has 0 saturated heterocycles. The Morgan fingerprint density at radius 1 is 0.500 bits per heavy atom. The molecule has 18 heavy (non-hydrogen) atoms. The third-order valence-electron chi connectivity index (χ3n) is 1.21. The molecule has 0 amide bonds. The molecule has 0 atom stereocenters. The fraction of sp³-hybridized carbons (Fsp3) is 0. The molecule has 103 valence electrons. The molecule has 0 aliphatic carbocycles.